The second-order valence-electron chi connectivity index (χ2n) is 6.53. The number of nitrogens with zero attached hydrogens (tertiary/aromatic N) is 2. The fourth-order valence-electron chi connectivity index (χ4n) is 3.18. The van der Waals surface area contributed by atoms with Crippen molar-refractivity contribution in [3.05, 3.63) is 53.6 Å². The SMILES string of the molecule is CCC1CSC(CCn2ccnc2)(Cc2ccc(C)cc2C)S1. The molecule has 0 radical (unpaired) electrons. The Bertz CT molecular complexity index is 639. The molecule has 2 heterocycles. The maximum Gasteiger partial charge on any atom is 0.0945 e. The molecule has 1 aliphatic heterocycles. The van der Waals surface area contributed by atoms with Gasteiger partial charge in [0.25, 0.3) is 0 Å². The lowest BCUT2D eigenvalue weighted by Crippen LogP contribution is -2.24. The third-order valence-electron chi connectivity index (χ3n) is 4.64. The number of rotatable bonds is 6. The molecule has 23 heavy (non-hydrogen) atoms. The summed E-state index contributed by atoms with van der Waals surface area (Å²) in [6.07, 6.45) is 9.53. The van der Waals surface area contributed by atoms with Gasteiger partial charge in [0.15, 0.2) is 0 Å². The van der Waals surface area contributed by atoms with Crippen LogP contribution >= 0.6 is 23.5 Å². The van der Waals surface area contributed by atoms with Crippen molar-refractivity contribution in [1.82, 2.24) is 9.55 Å². The number of thioether (sulfide) groups is 2. The largest absolute Gasteiger partial charge is 0.337 e. The van der Waals surface area contributed by atoms with Crippen molar-refractivity contribution in [3.63, 3.8) is 0 Å². The predicted octanol–water partition coefficient (Wildman–Crippen LogP) is 5.09. The number of hydrogen-bond donors (Lipinski definition) is 0. The van der Waals surface area contributed by atoms with Crippen molar-refractivity contribution in [2.45, 2.75) is 55.9 Å². The van der Waals surface area contributed by atoms with E-state index in [2.05, 4.69) is 78.2 Å². The average Bonchev–Trinajstić information content (AvgIpc) is 3.18. The molecule has 1 aliphatic rings. The van der Waals surface area contributed by atoms with Crippen LogP contribution in [0.4, 0.5) is 0 Å². The minimum atomic E-state index is 0.310. The topological polar surface area (TPSA) is 17.8 Å². The van der Waals surface area contributed by atoms with Crippen LogP contribution in [-0.4, -0.2) is 24.6 Å². The third kappa shape index (κ3) is 4.16. The van der Waals surface area contributed by atoms with Crippen LogP contribution in [0, 0.1) is 13.8 Å². The standard InChI is InChI=1S/C19H26N2S2/c1-4-18-13-22-19(23-18,7-9-21-10-8-20-14-21)12-17-6-5-15(2)11-16(17)3/h5-6,8,10-11,14,18H,4,7,9,12-13H2,1-3H3. The van der Waals surface area contributed by atoms with Gasteiger partial charge >= 0.3 is 0 Å². The van der Waals surface area contributed by atoms with Crippen LogP contribution in [0.25, 0.3) is 0 Å². The van der Waals surface area contributed by atoms with E-state index >= 15 is 0 Å². The van der Waals surface area contributed by atoms with E-state index in [1.165, 1.54) is 41.7 Å². The molecule has 124 valence electrons. The van der Waals surface area contributed by atoms with E-state index in [9.17, 15) is 0 Å². The van der Waals surface area contributed by atoms with Gasteiger partial charge in [-0.25, -0.2) is 4.98 Å². The molecular weight excluding hydrogens is 320 g/mol. The molecule has 2 aromatic rings. The molecule has 1 aromatic carbocycles. The van der Waals surface area contributed by atoms with Gasteiger partial charge in [0, 0.05) is 29.9 Å². The number of aromatic nitrogens is 2. The van der Waals surface area contributed by atoms with Crippen LogP contribution in [-0.2, 0) is 13.0 Å². The summed E-state index contributed by atoms with van der Waals surface area (Å²) < 4.78 is 2.52. The number of hydrogen-bond acceptors (Lipinski definition) is 3. The maximum absolute atomic E-state index is 4.18. The smallest absolute Gasteiger partial charge is 0.0945 e. The second kappa shape index (κ2) is 7.35. The third-order valence-corrected chi connectivity index (χ3v) is 8.55. The molecule has 4 heteroatoms. The summed E-state index contributed by atoms with van der Waals surface area (Å²) in [6, 6.07) is 6.91. The van der Waals surface area contributed by atoms with E-state index in [0.29, 0.717) is 4.08 Å². The van der Waals surface area contributed by atoms with Gasteiger partial charge in [0.1, 0.15) is 0 Å². The molecule has 2 atom stereocenters. The normalized spacial score (nSPS) is 24.2. The summed E-state index contributed by atoms with van der Waals surface area (Å²) in [6.45, 7) is 7.81. The first-order valence-electron chi connectivity index (χ1n) is 8.44. The summed E-state index contributed by atoms with van der Waals surface area (Å²) in [5, 5.41) is 0.800. The molecule has 0 N–H and O–H groups in total. The van der Waals surface area contributed by atoms with Crippen LogP contribution in [0.15, 0.2) is 36.9 Å². The van der Waals surface area contributed by atoms with Crippen molar-refractivity contribution < 1.29 is 0 Å². The Balaban J connectivity index is 1.77. The van der Waals surface area contributed by atoms with E-state index in [4.69, 9.17) is 0 Å². The summed E-state index contributed by atoms with van der Waals surface area (Å²) in [7, 11) is 0. The van der Waals surface area contributed by atoms with Gasteiger partial charge in [-0.15, -0.1) is 23.5 Å². The first-order chi connectivity index (χ1) is 11.1. The van der Waals surface area contributed by atoms with Gasteiger partial charge in [-0.1, -0.05) is 30.7 Å². The number of imidazole rings is 1. The van der Waals surface area contributed by atoms with Gasteiger partial charge in [-0.3, -0.25) is 0 Å². The van der Waals surface area contributed by atoms with Crippen LogP contribution in [0.3, 0.4) is 0 Å². The molecule has 1 fully saturated rings. The Morgan fingerprint density at radius 1 is 1.35 bits per heavy atom. The highest BCUT2D eigenvalue weighted by molar-refractivity contribution is 8.21. The van der Waals surface area contributed by atoms with Crippen molar-refractivity contribution in [1.29, 1.82) is 0 Å². The quantitative estimate of drug-likeness (QED) is 0.726. The highest BCUT2D eigenvalue weighted by Gasteiger charge is 2.40. The Morgan fingerprint density at radius 3 is 2.87 bits per heavy atom. The van der Waals surface area contributed by atoms with Crippen molar-refractivity contribution in [3.8, 4) is 0 Å². The van der Waals surface area contributed by atoms with Gasteiger partial charge in [-0.05, 0) is 44.2 Å². The molecule has 2 nitrogen and oxygen atoms in total. The average molecular weight is 347 g/mol. The lowest BCUT2D eigenvalue weighted by molar-refractivity contribution is 0.596. The first kappa shape index (κ1) is 17.0. The van der Waals surface area contributed by atoms with Gasteiger partial charge in [0.05, 0.1) is 10.4 Å². The summed E-state index contributed by atoms with van der Waals surface area (Å²) in [4.78, 5) is 4.18. The van der Waals surface area contributed by atoms with E-state index in [-0.39, 0.29) is 0 Å². The molecule has 0 bridgehead atoms. The highest BCUT2D eigenvalue weighted by Crippen LogP contribution is 2.53. The molecule has 1 saturated heterocycles. The zero-order valence-electron chi connectivity index (χ0n) is 14.3. The van der Waals surface area contributed by atoms with Crippen LogP contribution in [0.1, 0.15) is 36.5 Å². The zero-order valence-corrected chi connectivity index (χ0v) is 15.9. The monoisotopic (exact) mass is 346 g/mol. The van der Waals surface area contributed by atoms with Crippen LogP contribution in [0.2, 0.25) is 0 Å². The van der Waals surface area contributed by atoms with Gasteiger partial charge in [-0.2, -0.15) is 0 Å². The van der Waals surface area contributed by atoms with Crippen molar-refractivity contribution in [2.75, 3.05) is 5.75 Å². The Kier molecular flexibility index (Phi) is 5.42. The van der Waals surface area contributed by atoms with Crippen molar-refractivity contribution >= 4 is 23.5 Å². The van der Waals surface area contributed by atoms with E-state index in [0.717, 1.165) is 11.8 Å². The fraction of sp³-hybridized carbons (Fsp3) is 0.526. The molecule has 3 rings (SSSR count). The molecule has 0 amide bonds. The van der Waals surface area contributed by atoms with Crippen LogP contribution in [0.5, 0.6) is 0 Å². The second-order valence-corrected chi connectivity index (χ2v) is 9.87. The van der Waals surface area contributed by atoms with Crippen LogP contribution < -0.4 is 0 Å². The lowest BCUT2D eigenvalue weighted by Gasteiger charge is -2.29. The fourth-order valence-corrected chi connectivity index (χ4v) is 6.98. The lowest BCUT2D eigenvalue weighted by atomic mass is 10.00. The first-order valence-corrected chi connectivity index (χ1v) is 10.3. The molecule has 2 unspecified atom stereocenters. The van der Waals surface area contributed by atoms with Gasteiger partial charge in [0.2, 0.25) is 0 Å². The number of aryl methyl sites for hydroxylation is 3. The maximum atomic E-state index is 4.18. The molecular formula is C19H26N2S2. The Morgan fingerprint density at radius 2 is 2.22 bits per heavy atom. The summed E-state index contributed by atoms with van der Waals surface area (Å²) in [5.41, 5.74) is 4.31. The van der Waals surface area contributed by atoms with E-state index in [1.54, 1.807) is 0 Å². The minimum absolute atomic E-state index is 0.310. The molecule has 0 aliphatic carbocycles. The Labute approximate surface area is 148 Å². The Hall–Kier alpha value is -0.870. The number of benzene rings is 1. The van der Waals surface area contributed by atoms with Crippen molar-refractivity contribution in [2.24, 2.45) is 0 Å². The summed E-state index contributed by atoms with van der Waals surface area (Å²) in [5.74, 6) is 1.29. The highest BCUT2D eigenvalue weighted by atomic mass is 32.2. The molecule has 0 saturated carbocycles. The summed E-state index contributed by atoms with van der Waals surface area (Å²) >= 11 is 4.40. The predicted molar refractivity (Wildman–Crippen MR) is 103 cm³/mol. The zero-order chi connectivity index (χ0) is 16.3. The van der Waals surface area contributed by atoms with Gasteiger partial charge < -0.3 is 4.57 Å². The minimum Gasteiger partial charge on any atom is -0.337 e. The molecule has 0 spiro atoms. The molecule has 1 aromatic heterocycles. The van der Waals surface area contributed by atoms with E-state index < -0.39 is 0 Å². The van der Waals surface area contributed by atoms with E-state index in [1.807, 2.05) is 12.5 Å².